The molecule has 0 unspecified atom stereocenters. The monoisotopic (exact) mass is 192 g/mol. The van der Waals surface area contributed by atoms with E-state index in [2.05, 4.69) is 4.98 Å². The molecule has 0 amide bonds. The van der Waals surface area contributed by atoms with Crippen molar-refractivity contribution in [3.8, 4) is 0 Å². The Morgan fingerprint density at radius 3 is 3.07 bits per heavy atom. The van der Waals surface area contributed by atoms with Crippen molar-refractivity contribution < 1.29 is 9.52 Å². The first kappa shape index (κ1) is 9.02. The summed E-state index contributed by atoms with van der Waals surface area (Å²) in [4.78, 5) is 4.25. The van der Waals surface area contributed by atoms with Crippen molar-refractivity contribution in [2.75, 3.05) is 12.3 Å². The zero-order chi connectivity index (χ0) is 9.97. The fourth-order valence-electron chi connectivity index (χ4n) is 1.33. The summed E-state index contributed by atoms with van der Waals surface area (Å²) in [5.74, 6) is 0.652. The molecule has 0 fully saturated rings. The molecule has 0 aliphatic heterocycles. The average Bonchev–Trinajstić information content (AvgIpc) is 2.56. The number of hydrogen-bond acceptors (Lipinski definition) is 4. The first-order valence-electron chi connectivity index (χ1n) is 4.55. The number of nitrogens with two attached hydrogens (primary N) is 1. The third-order valence-corrected chi connectivity index (χ3v) is 2.00. The van der Waals surface area contributed by atoms with Crippen LogP contribution in [0.5, 0.6) is 0 Å². The Bertz CT molecular complexity index is 437. The number of fused-ring (bicyclic) bond motifs is 1. The normalized spacial score (nSPS) is 10.9. The average molecular weight is 192 g/mol. The molecule has 1 heterocycles. The highest BCUT2D eigenvalue weighted by atomic mass is 16.3. The van der Waals surface area contributed by atoms with Gasteiger partial charge in [0.1, 0.15) is 5.52 Å². The van der Waals surface area contributed by atoms with Crippen molar-refractivity contribution in [1.82, 2.24) is 4.98 Å². The summed E-state index contributed by atoms with van der Waals surface area (Å²) < 4.78 is 5.45. The maximum absolute atomic E-state index is 8.66. The molecule has 0 saturated carbocycles. The van der Waals surface area contributed by atoms with Crippen LogP contribution < -0.4 is 5.73 Å². The van der Waals surface area contributed by atoms with Crippen LogP contribution in [0.1, 0.15) is 12.3 Å². The van der Waals surface area contributed by atoms with Gasteiger partial charge in [0.25, 0.3) is 0 Å². The highest BCUT2D eigenvalue weighted by Crippen LogP contribution is 2.18. The number of aryl methyl sites for hydroxylation is 1. The number of rotatable bonds is 3. The van der Waals surface area contributed by atoms with E-state index in [0.717, 1.165) is 11.1 Å². The molecule has 0 bridgehead atoms. The van der Waals surface area contributed by atoms with E-state index in [9.17, 15) is 0 Å². The van der Waals surface area contributed by atoms with Crippen molar-refractivity contribution in [3.63, 3.8) is 0 Å². The van der Waals surface area contributed by atoms with Crippen LogP contribution in [-0.4, -0.2) is 16.7 Å². The molecule has 0 saturated heterocycles. The first-order chi connectivity index (χ1) is 6.79. The predicted molar refractivity (Wildman–Crippen MR) is 53.8 cm³/mol. The Kier molecular flexibility index (Phi) is 2.37. The van der Waals surface area contributed by atoms with Crippen LogP contribution in [0.2, 0.25) is 0 Å². The second-order valence-electron chi connectivity index (χ2n) is 3.16. The zero-order valence-electron chi connectivity index (χ0n) is 7.73. The molecular formula is C10H12N2O2. The van der Waals surface area contributed by atoms with Crippen LogP contribution in [-0.2, 0) is 6.42 Å². The van der Waals surface area contributed by atoms with Gasteiger partial charge in [-0.2, -0.15) is 0 Å². The topological polar surface area (TPSA) is 72.3 Å². The molecule has 2 aromatic rings. The molecule has 1 aromatic heterocycles. The fraction of sp³-hybridized carbons (Fsp3) is 0.300. The maximum Gasteiger partial charge on any atom is 0.195 e. The SMILES string of the molecule is Nc1ccc2oc(CCCO)nc2c1. The van der Waals surface area contributed by atoms with Crippen LogP contribution in [0, 0.1) is 0 Å². The van der Waals surface area contributed by atoms with E-state index >= 15 is 0 Å². The third kappa shape index (κ3) is 1.70. The van der Waals surface area contributed by atoms with Crippen LogP contribution in [0.3, 0.4) is 0 Å². The van der Waals surface area contributed by atoms with Crippen LogP contribution in [0.15, 0.2) is 22.6 Å². The van der Waals surface area contributed by atoms with Crippen molar-refractivity contribution in [2.45, 2.75) is 12.8 Å². The van der Waals surface area contributed by atoms with Crippen molar-refractivity contribution in [3.05, 3.63) is 24.1 Å². The number of nitrogens with zero attached hydrogens (tertiary/aromatic N) is 1. The molecule has 14 heavy (non-hydrogen) atoms. The molecule has 4 nitrogen and oxygen atoms in total. The van der Waals surface area contributed by atoms with E-state index in [-0.39, 0.29) is 6.61 Å². The minimum atomic E-state index is 0.154. The summed E-state index contributed by atoms with van der Waals surface area (Å²) in [5, 5.41) is 8.66. The molecule has 0 radical (unpaired) electrons. The van der Waals surface area contributed by atoms with E-state index in [1.165, 1.54) is 0 Å². The molecule has 2 rings (SSSR count). The summed E-state index contributed by atoms with van der Waals surface area (Å²) in [6, 6.07) is 5.37. The number of aromatic nitrogens is 1. The molecule has 1 aromatic carbocycles. The van der Waals surface area contributed by atoms with Gasteiger partial charge in [0, 0.05) is 18.7 Å². The van der Waals surface area contributed by atoms with Crippen LogP contribution in [0.4, 0.5) is 5.69 Å². The number of benzene rings is 1. The molecule has 3 N–H and O–H groups in total. The van der Waals surface area contributed by atoms with Gasteiger partial charge in [-0.05, 0) is 24.6 Å². The zero-order valence-corrected chi connectivity index (χ0v) is 7.73. The van der Waals surface area contributed by atoms with Gasteiger partial charge in [-0.25, -0.2) is 4.98 Å². The minimum Gasteiger partial charge on any atom is -0.441 e. The summed E-state index contributed by atoms with van der Waals surface area (Å²) in [6.45, 7) is 0.154. The fourth-order valence-corrected chi connectivity index (χ4v) is 1.33. The highest BCUT2D eigenvalue weighted by Gasteiger charge is 2.04. The van der Waals surface area contributed by atoms with Gasteiger partial charge in [0.15, 0.2) is 11.5 Å². The second-order valence-corrected chi connectivity index (χ2v) is 3.16. The Morgan fingerprint density at radius 2 is 2.29 bits per heavy atom. The Morgan fingerprint density at radius 1 is 1.43 bits per heavy atom. The lowest BCUT2D eigenvalue weighted by Gasteiger charge is -1.89. The van der Waals surface area contributed by atoms with E-state index in [1.807, 2.05) is 0 Å². The molecule has 4 heteroatoms. The van der Waals surface area contributed by atoms with Gasteiger partial charge in [-0.1, -0.05) is 0 Å². The summed E-state index contributed by atoms with van der Waals surface area (Å²) in [5.41, 5.74) is 7.81. The van der Waals surface area contributed by atoms with Crippen molar-refractivity contribution in [1.29, 1.82) is 0 Å². The van der Waals surface area contributed by atoms with Gasteiger partial charge in [-0.3, -0.25) is 0 Å². The highest BCUT2D eigenvalue weighted by molar-refractivity contribution is 5.76. The molecule has 0 atom stereocenters. The number of hydrogen-bond donors (Lipinski definition) is 2. The van der Waals surface area contributed by atoms with E-state index in [0.29, 0.717) is 24.4 Å². The van der Waals surface area contributed by atoms with Gasteiger partial charge in [-0.15, -0.1) is 0 Å². The molecule has 0 spiro atoms. The quantitative estimate of drug-likeness (QED) is 0.720. The maximum atomic E-state index is 8.66. The standard InChI is InChI=1S/C10H12N2O2/c11-7-3-4-9-8(6-7)12-10(14-9)2-1-5-13/h3-4,6,13H,1-2,5,11H2. The molecule has 74 valence electrons. The number of anilines is 1. The van der Waals surface area contributed by atoms with Gasteiger partial charge in [0.05, 0.1) is 0 Å². The Labute approximate surface area is 81.4 Å². The second kappa shape index (κ2) is 3.67. The molecule has 0 aliphatic rings. The Balaban J connectivity index is 2.32. The number of nitrogen functional groups attached to an aromatic ring is 1. The number of oxazole rings is 1. The minimum absolute atomic E-state index is 0.154. The lowest BCUT2D eigenvalue weighted by Crippen LogP contribution is -1.88. The van der Waals surface area contributed by atoms with Gasteiger partial charge < -0.3 is 15.3 Å². The molecule has 0 aliphatic carbocycles. The van der Waals surface area contributed by atoms with Crippen molar-refractivity contribution >= 4 is 16.8 Å². The summed E-state index contributed by atoms with van der Waals surface area (Å²) >= 11 is 0. The van der Waals surface area contributed by atoms with E-state index < -0.39 is 0 Å². The summed E-state index contributed by atoms with van der Waals surface area (Å²) in [6.07, 6.45) is 1.33. The van der Waals surface area contributed by atoms with E-state index in [4.69, 9.17) is 15.3 Å². The van der Waals surface area contributed by atoms with Gasteiger partial charge in [0.2, 0.25) is 0 Å². The van der Waals surface area contributed by atoms with E-state index in [1.54, 1.807) is 18.2 Å². The number of aliphatic hydroxyl groups excluding tert-OH is 1. The van der Waals surface area contributed by atoms with Crippen LogP contribution >= 0.6 is 0 Å². The number of aliphatic hydroxyl groups is 1. The summed E-state index contributed by atoms with van der Waals surface area (Å²) in [7, 11) is 0. The third-order valence-electron chi connectivity index (χ3n) is 2.00. The molecular weight excluding hydrogens is 180 g/mol. The predicted octanol–water partition coefficient (Wildman–Crippen LogP) is 1.33. The largest absolute Gasteiger partial charge is 0.441 e. The lowest BCUT2D eigenvalue weighted by atomic mass is 10.3. The van der Waals surface area contributed by atoms with Gasteiger partial charge >= 0.3 is 0 Å². The Hall–Kier alpha value is -1.55. The lowest BCUT2D eigenvalue weighted by molar-refractivity contribution is 0.284. The van der Waals surface area contributed by atoms with Crippen LogP contribution in [0.25, 0.3) is 11.1 Å². The van der Waals surface area contributed by atoms with Crippen molar-refractivity contribution in [2.24, 2.45) is 0 Å². The first-order valence-corrected chi connectivity index (χ1v) is 4.55. The smallest absolute Gasteiger partial charge is 0.195 e.